The van der Waals surface area contributed by atoms with Crippen LogP contribution in [0.15, 0.2) is 0 Å². The van der Waals surface area contributed by atoms with Crippen molar-refractivity contribution in [3.8, 4) is 0 Å². The molecular formula is C7H19NO11P2. The zero-order chi connectivity index (χ0) is 16.8. The predicted molar refractivity (Wildman–Crippen MR) is 66.9 cm³/mol. The molecule has 2 unspecified atom stereocenters. The van der Waals surface area contributed by atoms with E-state index in [1.54, 1.807) is 0 Å². The molecule has 0 bridgehead atoms. The maximum atomic E-state index is 10.5. The number of hydrogen-bond donors (Lipinski definition) is 9. The molecule has 0 aromatic rings. The summed E-state index contributed by atoms with van der Waals surface area (Å²) in [7, 11) is -9.21. The lowest BCUT2D eigenvalue weighted by atomic mass is 10.0. The molecule has 0 saturated carbocycles. The Labute approximate surface area is 119 Å². The lowest BCUT2D eigenvalue weighted by Gasteiger charge is -2.26. The zero-order valence-electron chi connectivity index (χ0n) is 10.6. The van der Waals surface area contributed by atoms with Crippen molar-refractivity contribution in [1.29, 1.82) is 0 Å². The van der Waals surface area contributed by atoms with Gasteiger partial charge in [-0.15, -0.1) is 0 Å². The molecule has 9 N–H and O–H groups in total. The first-order chi connectivity index (χ1) is 9.33. The first-order valence-electron chi connectivity index (χ1n) is 5.51. The van der Waals surface area contributed by atoms with Gasteiger partial charge < -0.3 is 45.3 Å². The van der Waals surface area contributed by atoms with Crippen molar-refractivity contribution in [2.24, 2.45) is 0 Å². The Kier molecular flexibility index (Phi) is 8.65. The van der Waals surface area contributed by atoms with Crippen molar-refractivity contribution in [2.75, 3.05) is 19.4 Å². The number of hydrogen-bond acceptors (Lipinski definition) is 8. The van der Waals surface area contributed by atoms with Crippen LogP contribution in [-0.4, -0.2) is 83.9 Å². The van der Waals surface area contributed by atoms with Crippen LogP contribution in [0.4, 0.5) is 0 Å². The van der Waals surface area contributed by atoms with E-state index in [4.69, 9.17) is 19.6 Å². The maximum absolute atomic E-state index is 10.5. The van der Waals surface area contributed by atoms with Gasteiger partial charge in [0, 0.05) is 6.54 Å². The SMILES string of the molecule is O=P(O)(O)CNC[C@H](O)[C@@H](O)C(O)C(O)COP(=O)(O)O. The average Bonchev–Trinajstić information content (AvgIpc) is 2.31. The van der Waals surface area contributed by atoms with E-state index < -0.39 is 59.3 Å². The van der Waals surface area contributed by atoms with Gasteiger partial charge in [0.05, 0.1) is 19.0 Å². The lowest BCUT2D eigenvalue weighted by Crippen LogP contribution is -2.49. The fourth-order valence-electron chi connectivity index (χ4n) is 1.21. The predicted octanol–water partition coefficient (Wildman–Crippen LogP) is -3.74. The topological polar surface area (TPSA) is 217 Å². The molecule has 0 rings (SSSR count). The van der Waals surface area contributed by atoms with Gasteiger partial charge in [-0.3, -0.25) is 9.09 Å². The molecule has 0 radical (unpaired) electrons. The first-order valence-corrected chi connectivity index (χ1v) is 8.84. The van der Waals surface area contributed by atoms with Gasteiger partial charge in [0.1, 0.15) is 18.3 Å². The van der Waals surface area contributed by atoms with E-state index in [9.17, 15) is 29.6 Å². The van der Waals surface area contributed by atoms with Crippen molar-refractivity contribution in [3.63, 3.8) is 0 Å². The summed E-state index contributed by atoms with van der Waals surface area (Å²) >= 11 is 0. The van der Waals surface area contributed by atoms with Crippen molar-refractivity contribution in [3.05, 3.63) is 0 Å². The van der Waals surface area contributed by atoms with E-state index in [1.165, 1.54) is 0 Å². The van der Waals surface area contributed by atoms with Crippen molar-refractivity contribution in [2.45, 2.75) is 24.4 Å². The number of nitrogens with one attached hydrogen (secondary N) is 1. The molecule has 14 heteroatoms. The molecule has 0 heterocycles. The second kappa shape index (κ2) is 8.63. The van der Waals surface area contributed by atoms with Crippen LogP contribution >= 0.6 is 15.4 Å². The summed E-state index contributed by atoms with van der Waals surface area (Å²) in [5.74, 6) is 0. The molecule has 12 nitrogen and oxygen atoms in total. The molecule has 0 aliphatic carbocycles. The highest BCUT2D eigenvalue weighted by atomic mass is 31.2. The second-order valence-corrected chi connectivity index (χ2v) is 7.06. The maximum Gasteiger partial charge on any atom is 0.469 e. The Morgan fingerprint density at radius 3 is 1.81 bits per heavy atom. The van der Waals surface area contributed by atoms with Gasteiger partial charge in [-0.1, -0.05) is 0 Å². The third-order valence-electron chi connectivity index (χ3n) is 2.22. The Bertz CT molecular complexity index is 394. The van der Waals surface area contributed by atoms with Crippen LogP contribution < -0.4 is 5.32 Å². The highest BCUT2D eigenvalue weighted by molar-refractivity contribution is 7.51. The fourth-order valence-corrected chi connectivity index (χ4v) is 1.97. The molecule has 0 aromatic heterocycles. The molecule has 0 fully saturated rings. The Morgan fingerprint density at radius 1 is 0.905 bits per heavy atom. The summed E-state index contributed by atoms with van der Waals surface area (Å²) in [6, 6.07) is 0. The summed E-state index contributed by atoms with van der Waals surface area (Å²) in [6.45, 7) is -1.50. The minimum Gasteiger partial charge on any atom is -0.389 e. The van der Waals surface area contributed by atoms with E-state index in [0.29, 0.717) is 0 Å². The Morgan fingerprint density at radius 2 is 1.38 bits per heavy atom. The Hall–Kier alpha value is 0.0600. The first kappa shape index (κ1) is 21.1. The van der Waals surface area contributed by atoms with Gasteiger partial charge in [-0.2, -0.15) is 0 Å². The van der Waals surface area contributed by atoms with Gasteiger partial charge in [-0.05, 0) is 0 Å². The number of aliphatic hydroxyl groups excluding tert-OH is 4. The summed E-state index contributed by atoms with van der Waals surface area (Å²) in [6.07, 6.45) is -8.30. The molecule has 0 aromatic carbocycles. The van der Waals surface area contributed by atoms with E-state index in [1.807, 2.05) is 0 Å². The molecule has 128 valence electrons. The molecule has 4 atom stereocenters. The van der Waals surface area contributed by atoms with Gasteiger partial charge in [0.15, 0.2) is 0 Å². The number of phosphoric acid groups is 1. The van der Waals surface area contributed by atoms with Crippen LogP contribution in [0.2, 0.25) is 0 Å². The van der Waals surface area contributed by atoms with Crippen LogP contribution in [0.1, 0.15) is 0 Å². The number of phosphoric ester groups is 1. The summed E-state index contributed by atoms with van der Waals surface area (Å²) in [5, 5.41) is 39.8. The fraction of sp³-hybridized carbons (Fsp3) is 1.00. The molecule has 0 spiro atoms. The second-order valence-electron chi connectivity index (χ2n) is 4.18. The van der Waals surface area contributed by atoms with Gasteiger partial charge in [0.2, 0.25) is 0 Å². The van der Waals surface area contributed by atoms with E-state index in [0.717, 1.165) is 0 Å². The molecule has 0 aliphatic rings. The molecule has 0 saturated heterocycles. The minimum absolute atomic E-state index is 0.505. The van der Waals surface area contributed by atoms with E-state index in [-0.39, 0.29) is 0 Å². The largest absolute Gasteiger partial charge is 0.469 e. The highest BCUT2D eigenvalue weighted by Crippen LogP contribution is 2.36. The van der Waals surface area contributed by atoms with Crippen molar-refractivity contribution in [1.82, 2.24) is 5.32 Å². The van der Waals surface area contributed by atoms with Crippen LogP contribution in [0, 0.1) is 0 Å². The molecule has 0 aliphatic heterocycles. The normalized spacial score (nSPS) is 19.0. The number of aliphatic hydroxyl groups is 4. The summed E-state index contributed by atoms with van der Waals surface area (Å²) in [4.78, 5) is 33.9. The molecule has 21 heavy (non-hydrogen) atoms. The minimum atomic E-state index is -4.86. The Balaban J connectivity index is 4.25. The van der Waals surface area contributed by atoms with Gasteiger partial charge in [0.25, 0.3) is 0 Å². The van der Waals surface area contributed by atoms with Crippen LogP contribution in [0.5, 0.6) is 0 Å². The standard InChI is InChI=1S/C7H19NO11P2/c9-4(1-8-3-20(13,14)15)6(11)7(12)5(10)2-19-21(16,17)18/h4-12H,1-3H2,(H2,13,14,15)(H2,16,17,18)/t4-,5?,6+,7?/m0/s1. The lowest BCUT2D eigenvalue weighted by molar-refractivity contribution is -0.112. The van der Waals surface area contributed by atoms with Crippen LogP contribution in [-0.2, 0) is 13.7 Å². The van der Waals surface area contributed by atoms with E-state index in [2.05, 4.69) is 9.84 Å². The summed E-state index contributed by atoms with van der Waals surface area (Å²) < 4.78 is 24.8. The van der Waals surface area contributed by atoms with Gasteiger partial charge >= 0.3 is 15.4 Å². The average molecular weight is 355 g/mol. The highest BCUT2D eigenvalue weighted by Gasteiger charge is 2.32. The van der Waals surface area contributed by atoms with Gasteiger partial charge in [-0.25, -0.2) is 4.57 Å². The van der Waals surface area contributed by atoms with Crippen LogP contribution in [0.3, 0.4) is 0 Å². The monoisotopic (exact) mass is 355 g/mol. The smallest absolute Gasteiger partial charge is 0.389 e. The third kappa shape index (κ3) is 10.4. The quantitative estimate of drug-likeness (QED) is 0.173. The summed E-state index contributed by atoms with van der Waals surface area (Å²) in [5.41, 5.74) is 0. The number of rotatable bonds is 10. The molecular weight excluding hydrogens is 336 g/mol. The third-order valence-corrected chi connectivity index (χ3v) is 3.34. The van der Waals surface area contributed by atoms with E-state index >= 15 is 0 Å². The zero-order valence-corrected chi connectivity index (χ0v) is 12.4. The molecule has 0 amide bonds. The van der Waals surface area contributed by atoms with Crippen LogP contribution in [0.25, 0.3) is 0 Å². The van der Waals surface area contributed by atoms with Crippen molar-refractivity contribution >= 4 is 15.4 Å². The van der Waals surface area contributed by atoms with Crippen molar-refractivity contribution < 1.29 is 53.7 Å².